The molecule has 0 atom stereocenters. The first kappa shape index (κ1) is 15.4. The van der Waals surface area contributed by atoms with Gasteiger partial charge in [-0.05, 0) is 41.5 Å². The van der Waals surface area contributed by atoms with Crippen LogP contribution < -0.4 is 0 Å². The lowest BCUT2D eigenvalue weighted by molar-refractivity contribution is -0.572. The molecule has 0 N–H and O–H groups in total. The molecule has 5 nitrogen and oxygen atoms in total. The molecule has 1 fully saturated rings. The van der Waals surface area contributed by atoms with Crippen LogP contribution >= 0.6 is 0 Å². The van der Waals surface area contributed by atoms with Gasteiger partial charge in [0.2, 0.25) is 5.54 Å². The van der Waals surface area contributed by atoms with Crippen molar-refractivity contribution in [2.24, 2.45) is 0 Å². The quantitative estimate of drug-likeness (QED) is 0.534. The second-order valence-electron chi connectivity index (χ2n) is 7.63. The first-order chi connectivity index (χ1) is 7.86. The molecular weight excluding hydrogens is 230 g/mol. The van der Waals surface area contributed by atoms with Crippen LogP contribution in [-0.2, 0) is 0 Å². The van der Waals surface area contributed by atoms with Crippen molar-refractivity contribution in [3.8, 4) is 0 Å². The summed E-state index contributed by atoms with van der Waals surface area (Å²) in [5.74, 6) is 0. The average molecular weight is 257 g/mol. The van der Waals surface area contributed by atoms with Crippen LogP contribution in [0.25, 0.3) is 0 Å². The number of hydrogen-bond donors (Lipinski definition) is 0. The Morgan fingerprint density at radius 3 is 1.56 bits per heavy atom. The predicted molar refractivity (Wildman–Crippen MR) is 73.2 cm³/mol. The summed E-state index contributed by atoms with van der Waals surface area (Å²) in [5, 5.41) is 11.4. The highest BCUT2D eigenvalue weighted by Crippen LogP contribution is 2.29. The lowest BCUT2D eigenvalue weighted by Gasteiger charge is -2.50. The highest BCUT2D eigenvalue weighted by atomic mass is 16.6. The molecule has 0 aromatic rings. The van der Waals surface area contributed by atoms with Crippen molar-refractivity contribution in [1.82, 2.24) is 9.80 Å². The number of nitrogens with zero attached hydrogens (tertiary/aromatic N) is 3. The maximum atomic E-state index is 11.4. The van der Waals surface area contributed by atoms with Crippen molar-refractivity contribution in [3.63, 3.8) is 0 Å². The molecule has 0 bridgehead atoms. The Morgan fingerprint density at radius 1 is 1.00 bits per heavy atom. The molecular formula is C13H27N3O2. The van der Waals surface area contributed by atoms with E-state index in [2.05, 4.69) is 51.3 Å². The summed E-state index contributed by atoms with van der Waals surface area (Å²) in [6.07, 6.45) is 0. The fraction of sp³-hybridized carbons (Fsp3) is 1.00. The lowest BCUT2D eigenvalue weighted by Crippen LogP contribution is -2.68. The molecule has 0 aromatic heterocycles. The summed E-state index contributed by atoms with van der Waals surface area (Å²) in [6.45, 7) is 16.2. The maximum absolute atomic E-state index is 11.4. The van der Waals surface area contributed by atoms with E-state index in [-0.39, 0.29) is 16.0 Å². The monoisotopic (exact) mass is 257 g/mol. The third-order valence-corrected chi connectivity index (χ3v) is 3.74. The van der Waals surface area contributed by atoms with Crippen molar-refractivity contribution in [2.45, 2.75) is 65.1 Å². The van der Waals surface area contributed by atoms with E-state index >= 15 is 0 Å². The van der Waals surface area contributed by atoms with Gasteiger partial charge in [0, 0.05) is 22.9 Å². The van der Waals surface area contributed by atoms with E-state index in [1.807, 2.05) is 0 Å². The maximum Gasteiger partial charge on any atom is 0.244 e. The molecule has 0 amide bonds. The molecule has 0 saturated carbocycles. The van der Waals surface area contributed by atoms with E-state index in [4.69, 9.17) is 0 Å². The highest BCUT2D eigenvalue weighted by molar-refractivity contribution is 4.95. The molecule has 1 saturated heterocycles. The predicted octanol–water partition coefficient (Wildman–Crippen LogP) is 2.19. The molecule has 0 aromatic carbocycles. The smallest absolute Gasteiger partial charge is 0.244 e. The molecule has 1 heterocycles. The Morgan fingerprint density at radius 2 is 1.33 bits per heavy atom. The molecule has 5 heteroatoms. The van der Waals surface area contributed by atoms with Crippen LogP contribution in [0.3, 0.4) is 0 Å². The van der Waals surface area contributed by atoms with Gasteiger partial charge in [-0.2, -0.15) is 0 Å². The van der Waals surface area contributed by atoms with Gasteiger partial charge in [0.1, 0.15) is 0 Å². The van der Waals surface area contributed by atoms with Gasteiger partial charge < -0.3 is 0 Å². The Kier molecular flexibility index (Phi) is 3.81. The molecule has 0 radical (unpaired) electrons. The summed E-state index contributed by atoms with van der Waals surface area (Å²) in [7, 11) is 0. The molecule has 106 valence electrons. The van der Waals surface area contributed by atoms with Gasteiger partial charge >= 0.3 is 0 Å². The topological polar surface area (TPSA) is 49.6 Å². The molecule has 0 aliphatic carbocycles. The number of rotatable bonds is 1. The molecule has 0 spiro atoms. The van der Waals surface area contributed by atoms with E-state index in [9.17, 15) is 10.1 Å². The summed E-state index contributed by atoms with van der Waals surface area (Å²) in [4.78, 5) is 15.6. The molecule has 18 heavy (non-hydrogen) atoms. The van der Waals surface area contributed by atoms with Gasteiger partial charge in [0.15, 0.2) is 0 Å². The lowest BCUT2D eigenvalue weighted by atomic mass is 9.92. The van der Waals surface area contributed by atoms with Gasteiger partial charge in [0.25, 0.3) is 0 Å². The normalized spacial score (nSPS) is 23.1. The fourth-order valence-corrected chi connectivity index (χ4v) is 2.19. The summed E-state index contributed by atoms with van der Waals surface area (Å²) >= 11 is 0. The zero-order valence-corrected chi connectivity index (χ0v) is 12.8. The van der Waals surface area contributed by atoms with Gasteiger partial charge in [0.05, 0.1) is 19.8 Å². The Hall–Kier alpha value is -0.680. The van der Waals surface area contributed by atoms with Crippen LogP contribution in [0.1, 0.15) is 48.5 Å². The van der Waals surface area contributed by atoms with Gasteiger partial charge in [-0.25, -0.2) is 0 Å². The first-order valence-electron chi connectivity index (χ1n) is 6.51. The minimum atomic E-state index is -0.890. The van der Waals surface area contributed by atoms with Crippen molar-refractivity contribution < 1.29 is 4.92 Å². The largest absolute Gasteiger partial charge is 0.278 e. The Balaban J connectivity index is 3.04. The minimum Gasteiger partial charge on any atom is -0.278 e. The van der Waals surface area contributed by atoms with Crippen molar-refractivity contribution >= 4 is 0 Å². The fourth-order valence-electron chi connectivity index (χ4n) is 2.19. The van der Waals surface area contributed by atoms with E-state index in [1.165, 1.54) is 0 Å². The van der Waals surface area contributed by atoms with Crippen LogP contribution in [0.5, 0.6) is 0 Å². The zero-order chi connectivity index (χ0) is 14.4. The van der Waals surface area contributed by atoms with Crippen molar-refractivity contribution in [1.29, 1.82) is 0 Å². The Labute approximate surface area is 110 Å². The second-order valence-corrected chi connectivity index (χ2v) is 7.63. The van der Waals surface area contributed by atoms with E-state index in [0.29, 0.717) is 13.1 Å². The molecule has 1 aliphatic heterocycles. The highest BCUT2D eigenvalue weighted by Gasteiger charge is 2.49. The first-order valence-corrected chi connectivity index (χ1v) is 6.51. The minimum absolute atomic E-state index is 0.0544. The van der Waals surface area contributed by atoms with Crippen LogP contribution in [0.4, 0.5) is 0 Å². The van der Waals surface area contributed by atoms with Crippen LogP contribution in [0, 0.1) is 10.1 Å². The van der Waals surface area contributed by atoms with E-state index in [0.717, 1.165) is 6.67 Å². The summed E-state index contributed by atoms with van der Waals surface area (Å²) < 4.78 is 0. The van der Waals surface area contributed by atoms with Gasteiger partial charge in [-0.3, -0.25) is 19.9 Å². The van der Waals surface area contributed by atoms with Crippen LogP contribution in [0.15, 0.2) is 0 Å². The molecule has 0 unspecified atom stereocenters. The number of hydrogen-bond acceptors (Lipinski definition) is 4. The van der Waals surface area contributed by atoms with E-state index in [1.54, 1.807) is 6.92 Å². The molecule has 1 aliphatic rings. The zero-order valence-electron chi connectivity index (χ0n) is 12.8. The van der Waals surface area contributed by atoms with Crippen molar-refractivity contribution in [2.75, 3.05) is 19.8 Å². The summed E-state index contributed by atoms with van der Waals surface area (Å²) in [5.41, 5.74) is -0.999. The number of nitro groups is 1. The van der Waals surface area contributed by atoms with Crippen LogP contribution in [-0.4, -0.2) is 51.1 Å². The second kappa shape index (κ2) is 4.46. The average Bonchev–Trinajstić information content (AvgIpc) is 2.13. The summed E-state index contributed by atoms with van der Waals surface area (Å²) in [6, 6.07) is 0. The van der Waals surface area contributed by atoms with Crippen molar-refractivity contribution in [3.05, 3.63) is 10.1 Å². The van der Waals surface area contributed by atoms with Crippen LogP contribution in [0.2, 0.25) is 0 Å². The SMILES string of the molecule is CC(C)(C)N1CN(C(C)(C)C)CC(C)([N+](=O)[O-])C1. The third-order valence-electron chi connectivity index (χ3n) is 3.74. The molecule has 1 rings (SSSR count). The standard InChI is InChI=1S/C13H27N3O2/c1-11(2,3)14-8-13(7,16(17)18)9-15(10-14)12(4,5)6/h8-10H2,1-7H3. The Bertz CT molecular complexity index is 306. The van der Waals surface area contributed by atoms with Gasteiger partial charge in [-0.15, -0.1) is 0 Å². The van der Waals surface area contributed by atoms with E-state index < -0.39 is 5.54 Å². The third kappa shape index (κ3) is 3.20. The van der Waals surface area contributed by atoms with Gasteiger partial charge in [-0.1, -0.05) is 0 Å².